The Kier molecular flexibility index (Phi) is 5.06. The molecule has 0 bridgehead atoms. The molecule has 25 heavy (non-hydrogen) atoms. The Morgan fingerprint density at radius 2 is 1.96 bits per heavy atom. The third kappa shape index (κ3) is 4.18. The van der Waals surface area contributed by atoms with Crippen molar-refractivity contribution in [1.82, 2.24) is 5.32 Å². The smallest absolute Gasteiger partial charge is 0.338 e. The van der Waals surface area contributed by atoms with Crippen LogP contribution in [0.15, 0.2) is 45.7 Å². The first kappa shape index (κ1) is 17.4. The van der Waals surface area contributed by atoms with Crippen molar-refractivity contribution < 1.29 is 18.7 Å². The van der Waals surface area contributed by atoms with Gasteiger partial charge in [-0.3, -0.25) is 4.79 Å². The number of rotatable bonds is 4. The molecule has 0 aliphatic carbocycles. The molecule has 1 N–H and O–H groups in total. The summed E-state index contributed by atoms with van der Waals surface area (Å²) in [4.78, 5) is 24.0. The van der Waals surface area contributed by atoms with E-state index in [4.69, 9.17) is 21.4 Å². The summed E-state index contributed by atoms with van der Waals surface area (Å²) in [5, 5.41) is 2.56. The van der Waals surface area contributed by atoms with Gasteiger partial charge in [0, 0.05) is 11.6 Å². The maximum Gasteiger partial charge on any atom is 0.338 e. The van der Waals surface area contributed by atoms with E-state index in [2.05, 4.69) is 5.32 Å². The summed E-state index contributed by atoms with van der Waals surface area (Å²) in [6, 6.07) is 10.6. The zero-order valence-electron chi connectivity index (χ0n) is 13.6. The zero-order chi connectivity index (χ0) is 18.0. The van der Waals surface area contributed by atoms with Crippen molar-refractivity contribution in [2.24, 2.45) is 0 Å². The van der Waals surface area contributed by atoms with Crippen LogP contribution >= 0.6 is 24.0 Å². The van der Waals surface area contributed by atoms with Gasteiger partial charge in [-0.2, -0.15) is 0 Å². The molecular formula is C18H15NO4S2. The molecule has 0 saturated carbocycles. The van der Waals surface area contributed by atoms with Gasteiger partial charge >= 0.3 is 5.97 Å². The Morgan fingerprint density at radius 3 is 2.56 bits per heavy atom. The second kappa shape index (κ2) is 7.25. The number of furan rings is 1. The van der Waals surface area contributed by atoms with Crippen LogP contribution in [0.5, 0.6) is 0 Å². The number of hydrogen-bond donors (Lipinski definition) is 1. The van der Waals surface area contributed by atoms with Crippen LogP contribution in [0.2, 0.25) is 0 Å². The first-order valence-electron chi connectivity index (χ1n) is 7.58. The highest BCUT2D eigenvalue weighted by Crippen LogP contribution is 2.28. The van der Waals surface area contributed by atoms with Gasteiger partial charge in [-0.25, -0.2) is 4.79 Å². The van der Waals surface area contributed by atoms with Crippen molar-refractivity contribution in [3.63, 3.8) is 0 Å². The highest BCUT2D eigenvalue weighted by Gasteiger charge is 2.22. The molecule has 1 aliphatic heterocycles. The van der Waals surface area contributed by atoms with E-state index in [1.54, 1.807) is 50.3 Å². The van der Waals surface area contributed by atoms with Gasteiger partial charge in [0.15, 0.2) is 0 Å². The molecule has 0 atom stereocenters. The summed E-state index contributed by atoms with van der Waals surface area (Å²) in [6.45, 7) is 3.61. The van der Waals surface area contributed by atoms with Gasteiger partial charge in [-0.15, -0.1) is 0 Å². The number of hydrogen-bond acceptors (Lipinski definition) is 6. The third-order valence-corrected chi connectivity index (χ3v) is 4.45. The minimum Gasteiger partial charge on any atom is -0.459 e. The second-order valence-corrected chi connectivity index (χ2v) is 7.30. The fourth-order valence-electron chi connectivity index (χ4n) is 2.19. The summed E-state index contributed by atoms with van der Waals surface area (Å²) in [6.07, 6.45) is 1.49. The van der Waals surface area contributed by atoms with Gasteiger partial charge < -0.3 is 14.5 Å². The molecule has 1 aromatic heterocycles. The molecule has 5 nitrogen and oxygen atoms in total. The van der Waals surface area contributed by atoms with E-state index in [0.717, 1.165) is 5.56 Å². The first-order chi connectivity index (χ1) is 11.9. The van der Waals surface area contributed by atoms with Gasteiger partial charge in [-0.1, -0.05) is 36.1 Å². The average Bonchev–Trinajstić information content (AvgIpc) is 3.14. The van der Waals surface area contributed by atoms with Crippen LogP contribution in [0.4, 0.5) is 0 Å². The summed E-state index contributed by atoms with van der Waals surface area (Å²) >= 11 is 6.16. The molecule has 2 aromatic rings. The number of thiocarbonyl (C=S) groups is 1. The maximum absolute atomic E-state index is 11.9. The molecule has 1 aliphatic rings. The van der Waals surface area contributed by atoms with Gasteiger partial charge in [0.25, 0.3) is 5.91 Å². The second-order valence-electron chi connectivity index (χ2n) is 5.59. The average molecular weight is 373 g/mol. The highest BCUT2D eigenvalue weighted by molar-refractivity contribution is 8.26. The molecule has 1 saturated heterocycles. The Balaban J connectivity index is 1.76. The Morgan fingerprint density at radius 1 is 1.24 bits per heavy atom. The first-order valence-corrected chi connectivity index (χ1v) is 8.81. The molecular weight excluding hydrogens is 358 g/mol. The van der Waals surface area contributed by atoms with Crippen molar-refractivity contribution in [2.75, 3.05) is 0 Å². The molecule has 1 amide bonds. The summed E-state index contributed by atoms with van der Waals surface area (Å²) in [7, 11) is 0. The molecule has 2 heterocycles. The number of benzene rings is 1. The van der Waals surface area contributed by atoms with Crippen LogP contribution in [0.3, 0.4) is 0 Å². The minimum atomic E-state index is -0.355. The fraction of sp³-hybridized carbons (Fsp3) is 0.167. The van der Waals surface area contributed by atoms with E-state index in [1.165, 1.54) is 11.8 Å². The quantitative estimate of drug-likeness (QED) is 0.496. The van der Waals surface area contributed by atoms with Gasteiger partial charge in [0.1, 0.15) is 15.8 Å². The van der Waals surface area contributed by atoms with Crippen LogP contribution in [-0.2, 0) is 9.53 Å². The Bertz CT molecular complexity index is 865. The lowest BCUT2D eigenvalue weighted by Crippen LogP contribution is -2.17. The van der Waals surface area contributed by atoms with Crippen molar-refractivity contribution in [1.29, 1.82) is 0 Å². The fourth-order valence-corrected chi connectivity index (χ4v) is 3.21. The van der Waals surface area contributed by atoms with Crippen LogP contribution in [0.1, 0.15) is 30.0 Å². The topological polar surface area (TPSA) is 68.5 Å². The standard InChI is InChI=1S/C18H15NO4S2/c1-10(2)22-17(21)12-5-3-11(4-6-12)14-8-7-13(23-14)9-15-16(20)19-18(24)25-15/h3-10H,1-2H3,(H,19,20,24)/b15-9+. The van der Waals surface area contributed by atoms with Crippen molar-refractivity contribution >= 4 is 46.3 Å². The summed E-state index contributed by atoms with van der Waals surface area (Å²) < 4.78 is 11.3. The number of carbonyl (C=O) groups is 2. The third-order valence-electron chi connectivity index (χ3n) is 3.29. The lowest BCUT2D eigenvalue weighted by atomic mass is 10.1. The number of thioether (sulfide) groups is 1. The highest BCUT2D eigenvalue weighted by atomic mass is 32.2. The Hall–Kier alpha value is -2.38. The van der Waals surface area contributed by atoms with Gasteiger partial charge in [-0.05, 0) is 38.1 Å². The zero-order valence-corrected chi connectivity index (χ0v) is 15.2. The Labute approximate surface area is 154 Å². The van der Waals surface area contributed by atoms with Crippen LogP contribution < -0.4 is 5.32 Å². The van der Waals surface area contributed by atoms with Crippen molar-refractivity contribution in [3.05, 3.63) is 52.6 Å². The largest absolute Gasteiger partial charge is 0.459 e. The molecule has 7 heteroatoms. The number of esters is 1. The van der Waals surface area contributed by atoms with Crippen molar-refractivity contribution in [2.45, 2.75) is 20.0 Å². The van der Waals surface area contributed by atoms with Gasteiger partial charge in [0.2, 0.25) is 0 Å². The van der Waals surface area contributed by atoms with Crippen LogP contribution in [-0.4, -0.2) is 22.3 Å². The van der Waals surface area contributed by atoms with E-state index < -0.39 is 0 Å². The molecule has 0 spiro atoms. The molecule has 3 rings (SSSR count). The maximum atomic E-state index is 11.9. The van der Waals surface area contributed by atoms with Gasteiger partial charge in [0.05, 0.1) is 16.6 Å². The van der Waals surface area contributed by atoms with Crippen molar-refractivity contribution in [3.8, 4) is 11.3 Å². The van der Waals surface area contributed by atoms with E-state index in [0.29, 0.717) is 26.3 Å². The molecule has 0 radical (unpaired) electrons. The van der Waals surface area contributed by atoms with E-state index >= 15 is 0 Å². The summed E-state index contributed by atoms with van der Waals surface area (Å²) in [5.41, 5.74) is 1.31. The monoisotopic (exact) mass is 373 g/mol. The van der Waals surface area contributed by atoms with E-state index in [9.17, 15) is 9.59 Å². The number of ether oxygens (including phenoxy) is 1. The predicted octanol–water partition coefficient (Wildman–Crippen LogP) is 4.00. The molecule has 0 unspecified atom stereocenters. The van der Waals surface area contributed by atoms with Crippen LogP contribution in [0.25, 0.3) is 17.4 Å². The number of nitrogens with one attached hydrogen (secondary N) is 1. The van der Waals surface area contributed by atoms with E-state index in [-0.39, 0.29) is 18.0 Å². The van der Waals surface area contributed by atoms with Crippen LogP contribution in [0, 0.1) is 0 Å². The molecule has 1 fully saturated rings. The minimum absolute atomic E-state index is 0.161. The normalized spacial score (nSPS) is 15.7. The SMILES string of the molecule is CC(C)OC(=O)c1ccc(-c2ccc(/C=C3/SC(=S)NC3=O)o2)cc1. The number of carbonyl (C=O) groups excluding carboxylic acids is 2. The molecule has 1 aromatic carbocycles. The predicted molar refractivity (Wildman–Crippen MR) is 101 cm³/mol. The van der Waals surface area contributed by atoms with E-state index in [1.807, 2.05) is 6.07 Å². The molecule has 128 valence electrons. The number of amides is 1. The summed E-state index contributed by atoms with van der Waals surface area (Å²) in [5.74, 6) is 0.620. The lowest BCUT2D eigenvalue weighted by Gasteiger charge is -2.07. The lowest BCUT2D eigenvalue weighted by molar-refractivity contribution is -0.115.